The van der Waals surface area contributed by atoms with E-state index in [9.17, 15) is 10.1 Å². The first-order chi connectivity index (χ1) is 8.61. The van der Waals surface area contributed by atoms with Gasteiger partial charge in [0, 0.05) is 26.2 Å². The van der Waals surface area contributed by atoms with Crippen molar-refractivity contribution in [1.82, 2.24) is 14.7 Å². The highest BCUT2D eigenvalue weighted by Crippen LogP contribution is 2.26. The highest BCUT2D eigenvalue weighted by molar-refractivity contribution is 5.54. The number of aryl methyl sites for hydroxylation is 1. The molecule has 1 saturated carbocycles. The zero-order valence-corrected chi connectivity index (χ0v) is 10.8. The largest absolute Gasteiger partial charge is 0.362 e. The lowest BCUT2D eigenvalue weighted by Gasteiger charge is -2.19. The number of hydrogen-bond acceptors (Lipinski definition) is 5. The molecule has 0 bridgehead atoms. The van der Waals surface area contributed by atoms with Crippen LogP contribution in [0.1, 0.15) is 19.8 Å². The van der Waals surface area contributed by atoms with Crippen LogP contribution in [0, 0.1) is 10.1 Å². The summed E-state index contributed by atoms with van der Waals surface area (Å²) in [7, 11) is 1.68. The van der Waals surface area contributed by atoms with E-state index in [0.29, 0.717) is 12.4 Å². The van der Waals surface area contributed by atoms with Gasteiger partial charge in [-0.1, -0.05) is 6.92 Å². The first kappa shape index (κ1) is 12.8. The van der Waals surface area contributed by atoms with Crippen LogP contribution in [0.2, 0.25) is 0 Å². The van der Waals surface area contributed by atoms with Crippen molar-refractivity contribution in [1.29, 1.82) is 0 Å². The van der Waals surface area contributed by atoms with Gasteiger partial charge in [0.1, 0.15) is 6.20 Å². The van der Waals surface area contributed by atoms with Crippen LogP contribution >= 0.6 is 0 Å². The Morgan fingerprint density at radius 3 is 2.94 bits per heavy atom. The Kier molecular flexibility index (Phi) is 3.81. The van der Waals surface area contributed by atoms with Gasteiger partial charge >= 0.3 is 5.69 Å². The number of hydrogen-bond donors (Lipinski definition) is 1. The number of anilines is 1. The van der Waals surface area contributed by atoms with Crippen molar-refractivity contribution in [3.05, 3.63) is 16.3 Å². The summed E-state index contributed by atoms with van der Waals surface area (Å²) >= 11 is 0. The number of aromatic nitrogens is 2. The Hall–Kier alpha value is -1.63. The van der Waals surface area contributed by atoms with Crippen LogP contribution in [0.25, 0.3) is 0 Å². The van der Waals surface area contributed by atoms with Gasteiger partial charge in [0.05, 0.1) is 4.92 Å². The molecule has 7 heteroatoms. The second kappa shape index (κ2) is 5.34. The molecule has 1 aromatic rings. The molecule has 1 fully saturated rings. The van der Waals surface area contributed by atoms with E-state index in [2.05, 4.69) is 22.2 Å². The number of nitro groups is 1. The summed E-state index contributed by atoms with van der Waals surface area (Å²) in [5.74, 6) is 0.356. The maximum absolute atomic E-state index is 10.8. The molecule has 1 heterocycles. The molecule has 7 nitrogen and oxygen atoms in total. The van der Waals surface area contributed by atoms with Crippen molar-refractivity contribution in [3.63, 3.8) is 0 Å². The fourth-order valence-electron chi connectivity index (χ4n) is 2.09. The fourth-order valence-corrected chi connectivity index (χ4v) is 2.09. The van der Waals surface area contributed by atoms with Gasteiger partial charge in [0.15, 0.2) is 0 Å². The molecule has 18 heavy (non-hydrogen) atoms. The van der Waals surface area contributed by atoms with Gasteiger partial charge in [0.2, 0.25) is 5.82 Å². The second-order valence-corrected chi connectivity index (χ2v) is 4.58. The average molecular weight is 253 g/mol. The SMILES string of the molecule is CCN(CCNc1nn(C)cc1[N+](=O)[O-])C1CC1. The lowest BCUT2D eigenvalue weighted by Crippen LogP contribution is -2.31. The lowest BCUT2D eigenvalue weighted by molar-refractivity contribution is -0.384. The summed E-state index contributed by atoms with van der Waals surface area (Å²) in [5.41, 5.74) is 0.0342. The van der Waals surface area contributed by atoms with Gasteiger partial charge in [-0.15, -0.1) is 5.10 Å². The molecule has 0 atom stereocenters. The highest BCUT2D eigenvalue weighted by atomic mass is 16.6. The normalized spacial score (nSPS) is 15.1. The molecular weight excluding hydrogens is 234 g/mol. The van der Waals surface area contributed by atoms with Crippen LogP contribution in [0.4, 0.5) is 11.5 Å². The molecule has 0 amide bonds. The van der Waals surface area contributed by atoms with Crippen molar-refractivity contribution in [2.45, 2.75) is 25.8 Å². The van der Waals surface area contributed by atoms with Crippen molar-refractivity contribution < 1.29 is 4.92 Å². The van der Waals surface area contributed by atoms with Gasteiger partial charge < -0.3 is 5.32 Å². The Labute approximate surface area is 106 Å². The van der Waals surface area contributed by atoms with E-state index in [0.717, 1.165) is 19.1 Å². The van der Waals surface area contributed by atoms with Crippen LogP contribution in [0.15, 0.2) is 6.20 Å². The molecule has 1 N–H and O–H groups in total. The van der Waals surface area contributed by atoms with Gasteiger partial charge in [-0.2, -0.15) is 0 Å². The van der Waals surface area contributed by atoms with E-state index in [1.807, 2.05) is 0 Å². The monoisotopic (exact) mass is 253 g/mol. The molecule has 0 radical (unpaired) electrons. The van der Waals surface area contributed by atoms with Crippen molar-refractivity contribution in [2.24, 2.45) is 7.05 Å². The van der Waals surface area contributed by atoms with Gasteiger partial charge in [-0.25, -0.2) is 0 Å². The summed E-state index contributed by atoms with van der Waals surface area (Å²) < 4.78 is 1.46. The molecule has 0 spiro atoms. The third-order valence-corrected chi connectivity index (χ3v) is 3.17. The molecule has 0 unspecified atom stereocenters. The molecule has 2 rings (SSSR count). The number of nitrogens with one attached hydrogen (secondary N) is 1. The number of rotatable bonds is 7. The van der Waals surface area contributed by atoms with Crippen LogP contribution in [0.5, 0.6) is 0 Å². The van der Waals surface area contributed by atoms with Crippen molar-refractivity contribution in [3.8, 4) is 0 Å². The molecule has 100 valence electrons. The third-order valence-electron chi connectivity index (χ3n) is 3.17. The first-order valence-electron chi connectivity index (χ1n) is 6.27. The summed E-state index contributed by atoms with van der Waals surface area (Å²) in [6.45, 7) is 4.75. The predicted octanol–water partition coefficient (Wildman–Crippen LogP) is 1.22. The van der Waals surface area contributed by atoms with E-state index in [1.165, 1.54) is 23.7 Å². The quantitative estimate of drug-likeness (QED) is 0.584. The maximum Gasteiger partial charge on any atom is 0.330 e. The average Bonchev–Trinajstić information content (AvgIpc) is 3.08. The van der Waals surface area contributed by atoms with Crippen LogP contribution in [-0.2, 0) is 7.05 Å². The van der Waals surface area contributed by atoms with Crippen LogP contribution < -0.4 is 5.32 Å². The van der Waals surface area contributed by atoms with Gasteiger partial charge in [-0.05, 0) is 19.4 Å². The van der Waals surface area contributed by atoms with Crippen molar-refractivity contribution >= 4 is 11.5 Å². The van der Waals surface area contributed by atoms with E-state index in [1.54, 1.807) is 7.05 Å². The summed E-state index contributed by atoms with van der Waals surface area (Å²) in [5, 5.41) is 17.9. The molecule has 0 aromatic carbocycles. The Morgan fingerprint density at radius 2 is 2.39 bits per heavy atom. The third kappa shape index (κ3) is 2.98. The molecule has 1 aromatic heterocycles. The fraction of sp³-hybridized carbons (Fsp3) is 0.727. The number of nitrogens with zero attached hydrogens (tertiary/aromatic N) is 4. The van der Waals surface area contributed by atoms with Gasteiger partial charge in [0.25, 0.3) is 0 Å². The Balaban J connectivity index is 1.87. The van der Waals surface area contributed by atoms with E-state index >= 15 is 0 Å². The summed E-state index contributed by atoms with van der Waals surface area (Å²) in [6.07, 6.45) is 3.97. The second-order valence-electron chi connectivity index (χ2n) is 4.58. The Morgan fingerprint density at radius 1 is 1.67 bits per heavy atom. The predicted molar refractivity (Wildman–Crippen MR) is 68.6 cm³/mol. The molecule has 0 aliphatic heterocycles. The maximum atomic E-state index is 10.8. The first-order valence-corrected chi connectivity index (χ1v) is 6.27. The lowest BCUT2D eigenvalue weighted by atomic mass is 10.4. The van der Waals surface area contributed by atoms with Crippen LogP contribution in [-0.4, -0.2) is 45.3 Å². The molecule has 0 saturated heterocycles. The van der Waals surface area contributed by atoms with E-state index in [-0.39, 0.29) is 5.69 Å². The number of likely N-dealkylation sites (N-methyl/N-ethyl adjacent to an activating group) is 1. The van der Waals surface area contributed by atoms with E-state index < -0.39 is 4.92 Å². The Bertz CT molecular complexity index is 427. The van der Waals surface area contributed by atoms with Crippen LogP contribution in [0.3, 0.4) is 0 Å². The summed E-state index contributed by atoms with van der Waals surface area (Å²) in [4.78, 5) is 12.8. The standard InChI is InChI=1S/C11H19N5O2/c1-3-15(9-4-5-9)7-6-12-11-10(16(17)18)8-14(2)13-11/h8-9H,3-7H2,1-2H3,(H,12,13). The zero-order chi connectivity index (χ0) is 13.1. The smallest absolute Gasteiger partial charge is 0.330 e. The minimum atomic E-state index is -0.409. The summed E-state index contributed by atoms with van der Waals surface area (Å²) in [6, 6.07) is 0.718. The van der Waals surface area contributed by atoms with Crippen molar-refractivity contribution in [2.75, 3.05) is 25.0 Å². The van der Waals surface area contributed by atoms with E-state index in [4.69, 9.17) is 0 Å². The molecular formula is C11H19N5O2. The van der Waals surface area contributed by atoms with Gasteiger partial charge in [-0.3, -0.25) is 19.7 Å². The topological polar surface area (TPSA) is 76.2 Å². The highest BCUT2D eigenvalue weighted by Gasteiger charge is 2.27. The molecule has 1 aliphatic carbocycles. The zero-order valence-electron chi connectivity index (χ0n) is 10.8. The molecule has 1 aliphatic rings. The minimum Gasteiger partial charge on any atom is -0.362 e. The minimum absolute atomic E-state index is 0.0342.